The van der Waals surface area contributed by atoms with Crippen molar-refractivity contribution in [3.63, 3.8) is 0 Å². The van der Waals surface area contributed by atoms with E-state index in [-0.39, 0.29) is 0 Å². The van der Waals surface area contributed by atoms with Crippen molar-refractivity contribution in [1.29, 1.82) is 0 Å². The van der Waals surface area contributed by atoms with Crippen LogP contribution in [-0.2, 0) is 0 Å². The third kappa shape index (κ3) is 2.14. The van der Waals surface area contributed by atoms with E-state index in [1.165, 1.54) is 16.7 Å². The molecule has 0 aliphatic carbocycles. The molecular weight excluding hydrogens is 282 g/mol. The van der Waals surface area contributed by atoms with Crippen LogP contribution in [0.5, 0.6) is 0 Å². The standard InChI is InChI=1S/C21H19NO/c1-12-9-13(2)11-16(10-12)20-19-14(3)15(4)23-21(19)17-7-5-6-8-18(17)22-20/h5-11H,1-4H3. The Morgan fingerprint density at radius 3 is 2.30 bits per heavy atom. The van der Waals surface area contributed by atoms with Crippen LogP contribution in [0.25, 0.3) is 33.1 Å². The lowest BCUT2D eigenvalue weighted by Gasteiger charge is -2.09. The van der Waals surface area contributed by atoms with E-state index in [4.69, 9.17) is 9.40 Å². The first kappa shape index (κ1) is 14.0. The van der Waals surface area contributed by atoms with Gasteiger partial charge < -0.3 is 4.42 Å². The third-order valence-electron chi connectivity index (χ3n) is 4.50. The lowest BCUT2D eigenvalue weighted by molar-refractivity contribution is 0.578. The van der Waals surface area contributed by atoms with Crippen LogP contribution in [0.15, 0.2) is 46.9 Å². The largest absolute Gasteiger partial charge is 0.460 e. The molecule has 0 fully saturated rings. The van der Waals surface area contributed by atoms with Gasteiger partial charge >= 0.3 is 0 Å². The molecule has 2 nitrogen and oxygen atoms in total. The van der Waals surface area contributed by atoms with E-state index in [1.54, 1.807) is 0 Å². The average molecular weight is 301 g/mol. The number of rotatable bonds is 1. The fraction of sp³-hybridized carbons (Fsp3) is 0.190. The summed E-state index contributed by atoms with van der Waals surface area (Å²) in [6, 6.07) is 14.8. The molecule has 0 amide bonds. The number of aryl methyl sites for hydroxylation is 4. The highest BCUT2D eigenvalue weighted by atomic mass is 16.3. The second-order valence-corrected chi connectivity index (χ2v) is 6.34. The van der Waals surface area contributed by atoms with Crippen molar-refractivity contribution in [2.45, 2.75) is 27.7 Å². The maximum absolute atomic E-state index is 6.09. The van der Waals surface area contributed by atoms with Crippen molar-refractivity contribution < 1.29 is 4.42 Å². The van der Waals surface area contributed by atoms with Gasteiger partial charge in [0.05, 0.1) is 16.6 Å². The predicted octanol–water partition coefficient (Wildman–Crippen LogP) is 5.88. The van der Waals surface area contributed by atoms with Gasteiger partial charge in [0.25, 0.3) is 0 Å². The molecule has 0 aliphatic heterocycles. The maximum atomic E-state index is 6.09. The van der Waals surface area contributed by atoms with Gasteiger partial charge in [-0.15, -0.1) is 0 Å². The molecule has 0 spiro atoms. The zero-order valence-corrected chi connectivity index (χ0v) is 13.9. The number of aromatic nitrogens is 1. The summed E-state index contributed by atoms with van der Waals surface area (Å²) in [6.45, 7) is 8.39. The number of fused-ring (bicyclic) bond motifs is 3. The Bertz CT molecular complexity index is 1040. The van der Waals surface area contributed by atoms with E-state index in [2.05, 4.69) is 45.0 Å². The third-order valence-corrected chi connectivity index (χ3v) is 4.50. The normalized spacial score (nSPS) is 11.5. The van der Waals surface area contributed by atoms with Crippen molar-refractivity contribution in [2.75, 3.05) is 0 Å². The first-order valence-electron chi connectivity index (χ1n) is 7.91. The van der Waals surface area contributed by atoms with Crippen LogP contribution < -0.4 is 0 Å². The van der Waals surface area contributed by atoms with Gasteiger partial charge in [-0.2, -0.15) is 0 Å². The van der Waals surface area contributed by atoms with Crippen molar-refractivity contribution >= 4 is 21.9 Å². The van der Waals surface area contributed by atoms with Crippen LogP contribution in [0.1, 0.15) is 22.5 Å². The molecule has 0 bridgehead atoms. The summed E-state index contributed by atoms with van der Waals surface area (Å²) >= 11 is 0. The molecule has 0 N–H and O–H groups in total. The van der Waals surface area contributed by atoms with Crippen LogP contribution in [-0.4, -0.2) is 4.98 Å². The van der Waals surface area contributed by atoms with Crippen LogP contribution in [0.2, 0.25) is 0 Å². The molecule has 23 heavy (non-hydrogen) atoms. The second kappa shape index (κ2) is 4.95. The minimum Gasteiger partial charge on any atom is -0.460 e. The van der Waals surface area contributed by atoms with Gasteiger partial charge in [0.15, 0.2) is 0 Å². The Morgan fingerprint density at radius 1 is 0.870 bits per heavy atom. The highest BCUT2D eigenvalue weighted by Gasteiger charge is 2.17. The molecule has 0 atom stereocenters. The Hall–Kier alpha value is -2.61. The van der Waals surface area contributed by atoms with Crippen LogP contribution in [0.3, 0.4) is 0 Å². The van der Waals surface area contributed by atoms with E-state index >= 15 is 0 Å². The number of furan rings is 1. The molecule has 0 aliphatic rings. The van der Waals surface area contributed by atoms with Gasteiger partial charge in [-0.05, 0) is 52.0 Å². The van der Waals surface area contributed by atoms with Gasteiger partial charge in [0.1, 0.15) is 11.3 Å². The van der Waals surface area contributed by atoms with Gasteiger partial charge in [0, 0.05) is 16.5 Å². The van der Waals surface area contributed by atoms with Crippen LogP contribution in [0, 0.1) is 27.7 Å². The molecule has 0 unspecified atom stereocenters. The summed E-state index contributed by atoms with van der Waals surface area (Å²) in [5.41, 5.74) is 7.76. The van der Waals surface area contributed by atoms with E-state index < -0.39 is 0 Å². The van der Waals surface area contributed by atoms with Gasteiger partial charge in [-0.3, -0.25) is 0 Å². The molecule has 4 aromatic rings. The molecule has 114 valence electrons. The van der Waals surface area contributed by atoms with Crippen molar-refractivity contribution in [3.8, 4) is 11.3 Å². The predicted molar refractivity (Wildman–Crippen MR) is 95.9 cm³/mol. The second-order valence-electron chi connectivity index (χ2n) is 6.34. The first-order valence-corrected chi connectivity index (χ1v) is 7.91. The topological polar surface area (TPSA) is 26.0 Å². The average Bonchev–Trinajstić information content (AvgIpc) is 2.82. The maximum Gasteiger partial charge on any atom is 0.146 e. The first-order chi connectivity index (χ1) is 11.0. The Labute approximate surface area is 135 Å². The SMILES string of the molecule is Cc1cc(C)cc(-c2nc3ccccc3c3oc(C)c(C)c23)c1. The Kier molecular flexibility index (Phi) is 3.02. The molecule has 0 saturated heterocycles. The molecule has 2 heteroatoms. The van der Waals surface area contributed by atoms with Crippen LogP contribution >= 0.6 is 0 Å². The van der Waals surface area contributed by atoms with E-state index in [0.717, 1.165) is 38.9 Å². The van der Waals surface area contributed by atoms with Crippen molar-refractivity contribution in [3.05, 3.63) is 64.9 Å². The summed E-state index contributed by atoms with van der Waals surface area (Å²) in [5, 5.41) is 2.21. The van der Waals surface area contributed by atoms with Crippen LogP contribution in [0.4, 0.5) is 0 Å². The molecule has 0 radical (unpaired) electrons. The highest BCUT2D eigenvalue weighted by molar-refractivity contribution is 6.09. The van der Waals surface area contributed by atoms with Gasteiger partial charge in [-0.25, -0.2) is 4.98 Å². The molecular formula is C21H19NO. The highest BCUT2D eigenvalue weighted by Crippen LogP contribution is 2.37. The number of pyridine rings is 1. The lowest BCUT2D eigenvalue weighted by atomic mass is 9.99. The van der Waals surface area contributed by atoms with E-state index in [0.29, 0.717) is 0 Å². The zero-order chi connectivity index (χ0) is 16.1. The summed E-state index contributed by atoms with van der Waals surface area (Å²) in [7, 11) is 0. The molecule has 2 heterocycles. The number of hydrogen-bond donors (Lipinski definition) is 0. The molecule has 0 saturated carbocycles. The van der Waals surface area contributed by atoms with E-state index in [9.17, 15) is 0 Å². The monoisotopic (exact) mass is 301 g/mol. The van der Waals surface area contributed by atoms with Crippen molar-refractivity contribution in [2.24, 2.45) is 0 Å². The number of nitrogens with zero attached hydrogens (tertiary/aromatic N) is 1. The smallest absolute Gasteiger partial charge is 0.146 e. The zero-order valence-electron chi connectivity index (χ0n) is 13.9. The van der Waals surface area contributed by atoms with Gasteiger partial charge in [0.2, 0.25) is 0 Å². The summed E-state index contributed by atoms with van der Waals surface area (Å²) in [6.07, 6.45) is 0. The van der Waals surface area contributed by atoms with Crippen molar-refractivity contribution in [1.82, 2.24) is 4.98 Å². The number of para-hydroxylation sites is 1. The Morgan fingerprint density at radius 2 is 1.57 bits per heavy atom. The lowest BCUT2D eigenvalue weighted by Crippen LogP contribution is -1.90. The molecule has 2 aromatic carbocycles. The quantitative estimate of drug-likeness (QED) is 0.438. The minimum atomic E-state index is 0.944. The van der Waals surface area contributed by atoms with Gasteiger partial charge in [-0.1, -0.05) is 29.3 Å². The summed E-state index contributed by atoms with van der Waals surface area (Å²) in [4.78, 5) is 4.97. The number of hydrogen-bond acceptors (Lipinski definition) is 2. The number of benzene rings is 2. The molecule has 4 rings (SSSR count). The fourth-order valence-corrected chi connectivity index (χ4v) is 3.36. The Balaban J connectivity index is 2.20. The summed E-state index contributed by atoms with van der Waals surface area (Å²) < 4.78 is 6.09. The molecule has 2 aromatic heterocycles. The fourth-order valence-electron chi connectivity index (χ4n) is 3.36. The minimum absolute atomic E-state index is 0.944. The summed E-state index contributed by atoms with van der Waals surface area (Å²) in [5.74, 6) is 0.962. The van der Waals surface area contributed by atoms with E-state index in [1.807, 2.05) is 25.1 Å².